The minimum atomic E-state index is -0.313. The number of benzene rings is 3. The molecule has 4 rings (SSSR count). The molecule has 0 atom stereocenters. The van der Waals surface area contributed by atoms with Gasteiger partial charge in [-0.25, -0.2) is 4.98 Å². The fourth-order valence-corrected chi connectivity index (χ4v) is 3.19. The zero-order valence-corrected chi connectivity index (χ0v) is 15.8. The fraction of sp³-hybridized carbons (Fsp3) is 0.0833. The van der Waals surface area contributed by atoms with Crippen LogP contribution in [0.5, 0.6) is 0 Å². The minimum Gasteiger partial charge on any atom is -0.359 e. The molecular weight excluding hydrogens is 362 g/mol. The van der Waals surface area contributed by atoms with Gasteiger partial charge in [-0.05, 0) is 23.3 Å². The van der Waals surface area contributed by atoms with Gasteiger partial charge >= 0.3 is 0 Å². The topological polar surface area (TPSA) is 56.1 Å². The molecule has 1 N–H and O–H groups in total. The Morgan fingerprint density at radius 2 is 1.52 bits per heavy atom. The molecule has 144 valence electrons. The zero-order valence-electron chi connectivity index (χ0n) is 15.8. The molecule has 29 heavy (non-hydrogen) atoms. The Balaban J connectivity index is 1.48. The Kier molecular flexibility index (Phi) is 5.78. The van der Waals surface area contributed by atoms with Crippen LogP contribution in [0.25, 0.3) is 5.69 Å². The normalized spacial score (nSPS) is 10.8. The summed E-state index contributed by atoms with van der Waals surface area (Å²) in [7, 11) is 0. The Bertz CT molecular complexity index is 1010. The third-order valence-corrected chi connectivity index (χ3v) is 4.55. The van der Waals surface area contributed by atoms with Gasteiger partial charge in [-0.1, -0.05) is 72.8 Å². The van der Waals surface area contributed by atoms with Crippen molar-refractivity contribution in [3.8, 4) is 5.69 Å². The van der Waals surface area contributed by atoms with Crippen molar-refractivity contribution >= 4 is 11.6 Å². The van der Waals surface area contributed by atoms with Gasteiger partial charge in [-0.15, -0.1) is 0 Å². The summed E-state index contributed by atoms with van der Waals surface area (Å²) in [6, 6.07) is 27.4. The predicted molar refractivity (Wildman–Crippen MR) is 113 cm³/mol. The van der Waals surface area contributed by atoms with Crippen molar-refractivity contribution in [3.05, 3.63) is 115 Å². The maximum Gasteiger partial charge on any atom is 0.250 e. The van der Waals surface area contributed by atoms with Gasteiger partial charge in [0.25, 0.3) is 0 Å². The van der Waals surface area contributed by atoms with Crippen LogP contribution in [0.1, 0.15) is 17.2 Å². The second-order valence-corrected chi connectivity index (χ2v) is 6.55. The van der Waals surface area contributed by atoms with Crippen LogP contribution in [0.15, 0.2) is 104 Å². The molecular formula is C24H21N3O2. The smallest absolute Gasteiger partial charge is 0.250 e. The van der Waals surface area contributed by atoms with E-state index in [2.05, 4.69) is 10.3 Å². The van der Waals surface area contributed by atoms with Crippen molar-refractivity contribution in [1.82, 2.24) is 9.55 Å². The molecule has 0 spiro atoms. The van der Waals surface area contributed by atoms with E-state index in [1.807, 2.05) is 95.7 Å². The highest BCUT2D eigenvalue weighted by atomic mass is 16.5. The van der Waals surface area contributed by atoms with E-state index in [1.165, 1.54) is 0 Å². The molecule has 5 heteroatoms. The fourth-order valence-electron chi connectivity index (χ4n) is 3.19. The number of anilines is 1. The number of aromatic nitrogens is 2. The first-order chi connectivity index (χ1) is 14.3. The molecule has 1 aromatic heterocycles. The molecule has 1 heterocycles. The number of carbonyl (C=O) groups is 1. The van der Waals surface area contributed by atoms with Crippen LogP contribution in [0, 0.1) is 0 Å². The van der Waals surface area contributed by atoms with Crippen molar-refractivity contribution in [2.75, 3.05) is 11.9 Å². The minimum absolute atomic E-state index is 0.0628. The van der Waals surface area contributed by atoms with Crippen LogP contribution in [0.4, 0.5) is 5.69 Å². The van der Waals surface area contributed by atoms with Crippen LogP contribution in [0.2, 0.25) is 0 Å². The maximum absolute atomic E-state index is 12.6. The molecule has 5 nitrogen and oxygen atoms in total. The molecule has 0 aliphatic carbocycles. The summed E-state index contributed by atoms with van der Waals surface area (Å²) >= 11 is 0. The van der Waals surface area contributed by atoms with Gasteiger partial charge in [0.1, 0.15) is 12.7 Å². The van der Waals surface area contributed by atoms with Crippen LogP contribution >= 0.6 is 0 Å². The van der Waals surface area contributed by atoms with Crippen molar-refractivity contribution in [2.45, 2.75) is 6.10 Å². The van der Waals surface area contributed by atoms with Gasteiger partial charge < -0.3 is 14.6 Å². The van der Waals surface area contributed by atoms with E-state index in [-0.39, 0.29) is 18.6 Å². The monoisotopic (exact) mass is 383 g/mol. The number of carbonyl (C=O) groups excluding carboxylic acids is 1. The summed E-state index contributed by atoms with van der Waals surface area (Å²) < 4.78 is 7.90. The van der Waals surface area contributed by atoms with Gasteiger partial charge in [-0.2, -0.15) is 0 Å². The maximum atomic E-state index is 12.6. The van der Waals surface area contributed by atoms with Crippen LogP contribution in [-0.4, -0.2) is 22.1 Å². The Labute approximate surface area is 169 Å². The van der Waals surface area contributed by atoms with Gasteiger partial charge in [0, 0.05) is 12.4 Å². The van der Waals surface area contributed by atoms with Gasteiger partial charge in [-0.3, -0.25) is 4.79 Å². The summed E-state index contributed by atoms with van der Waals surface area (Å²) in [6.07, 6.45) is 4.92. The number of nitrogens with one attached hydrogen (secondary N) is 1. The van der Waals surface area contributed by atoms with E-state index < -0.39 is 0 Å². The lowest BCUT2D eigenvalue weighted by molar-refractivity contribution is -0.121. The number of rotatable bonds is 7. The lowest BCUT2D eigenvalue weighted by Gasteiger charge is -2.19. The number of nitrogens with zero attached hydrogens (tertiary/aromatic N) is 2. The van der Waals surface area contributed by atoms with Gasteiger partial charge in [0.05, 0.1) is 17.7 Å². The first kappa shape index (κ1) is 18.7. The van der Waals surface area contributed by atoms with E-state index in [0.717, 1.165) is 16.8 Å². The summed E-state index contributed by atoms with van der Waals surface area (Å²) in [4.78, 5) is 16.7. The van der Waals surface area contributed by atoms with Crippen LogP contribution in [-0.2, 0) is 9.53 Å². The molecule has 0 aliphatic rings. The molecule has 0 aliphatic heterocycles. The van der Waals surface area contributed by atoms with Gasteiger partial charge in [0.15, 0.2) is 0 Å². The molecule has 0 unspecified atom stereocenters. The lowest BCUT2D eigenvalue weighted by Crippen LogP contribution is -2.21. The molecule has 0 saturated carbocycles. The van der Waals surface area contributed by atoms with E-state index >= 15 is 0 Å². The highest BCUT2D eigenvalue weighted by Crippen LogP contribution is 2.26. The summed E-state index contributed by atoms with van der Waals surface area (Å²) in [5.74, 6) is -0.213. The van der Waals surface area contributed by atoms with Crippen molar-refractivity contribution in [2.24, 2.45) is 0 Å². The van der Waals surface area contributed by atoms with E-state index in [4.69, 9.17) is 4.74 Å². The van der Waals surface area contributed by atoms with Gasteiger partial charge in [0.2, 0.25) is 5.91 Å². The number of hydrogen-bond donors (Lipinski definition) is 1. The highest BCUT2D eigenvalue weighted by Gasteiger charge is 2.17. The number of para-hydroxylation sites is 2. The number of amides is 1. The second-order valence-electron chi connectivity index (χ2n) is 6.55. The second kappa shape index (κ2) is 8.99. The number of hydrogen-bond acceptors (Lipinski definition) is 3. The molecule has 0 fully saturated rings. The third kappa shape index (κ3) is 4.59. The van der Waals surface area contributed by atoms with E-state index in [1.54, 1.807) is 12.5 Å². The summed E-state index contributed by atoms with van der Waals surface area (Å²) in [5.41, 5.74) is 3.56. The molecule has 3 aromatic carbocycles. The summed E-state index contributed by atoms with van der Waals surface area (Å²) in [5, 5.41) is 2.94. The Morgan fingerprint density at radius 3 is 2.14 bits per heavy atom. The number of ether oxygens (including phenoxy) is 1. The highest BCUT2D eigenvalue weighted by molar-refractivity contribution is 5.93. The SMILES string of the molecule is O=C(COC(c1ccccc1)c1ccccc1)Nc1ccccc1-n1ccnc1. The summed E-state index contributed by atoms with van der Waals surface area (Å²) in [6.45, 7) is -0.0628. The molecule has 0 saturated heterocycles. The van der Waals surface area contributed by atoms with Crippen LogP contribution in [0.3, 0.4) is 0 Å². The molecule has 0 bridgehead atoms. The lowest BCUT2D eigenvalue weighted by atomic mass is 10.0. The quantitative estimate of drug-likeness (QED) is 0.507. The van der Waals surface area contributed by atoms with E-state index in [0.29, 0.717) is 5.69 Å². The molecule has 1 amide bonds. The van der Waals surface area contributed by atoms with E-state index in [9.17, 15) is 4.79 Å². The molecule has 4 aromatic rings. The van der Waals surface area contributed by atoms with Crippen molar-refractivity contribution < 1.29 is 9.53 Å². The Hall–Kier alpha value is -3.70. The van der Waals surface area contributed by atoms with Crippen molar-refractivity contribution in [3.63, 3.8) is 0 Å². The zero-order chi connectivity index (χ0) is 19.9. The first-order valence-electron chi connectivity index (χ1n) is 9.40. The third-order valence-electron chi connectivity index (χ3n) is 4.55. The average molecular weight is 383 g/mol. The predicted octanol–water partition coefficient (Wildman–Crippen LogP) is 4.62. The average Bonchev–Trinajstić information content (AvgIpc) is 3.31. The van der Waals surface area contributed by atoms with Crippen molar-refractivity contribution in [1.29, 1.82) is 0 Å². The van der Waals surface area contributed by atoms with Crippen LogP contribution < -0.4 is 5.32 Å². The molecule has 0 radical (unpaired) electrons. The number of imidazole rings is 1. The largest absolute Gasteiger partial charge is 0.359 e. The first-order valence-corrected chi connectivity index (χ1v) is 9.40. The Morgan fingerprint density at radius 1 is 0.897 bits per heavy atom. The standard InChI is InChI=1S/C24H21N3O2/c28-23(26-21-13-7-8-14-22(21)27-16-15-25-18-27)17-29-24(19-9-3-1-4-10-19)20-11-5-2-6-12-20/h1-16,18,24H,17H2,(H,26,28).